The number of aromatic nitrogens is 2. The Morgan fingerprint density at radius 1 is 1.23 bits per heavy atom. The van der Waals surface area contributed by atoms with E-state index in [-0.39, 0.29) is 10.1 Å². The van der Waals surface area contributed by atoms with E-state index < -0.39 is 22.2 Å². The van der Waals surface area contributed by atoms with Gasteiger partial charge in [-0.25, -0.2) is 18.4 Å². The molecule has 4 heterocycles. The maximum atomic E-state index is 12.9. The number of halogens is 1. The van der Waals surface area contributed by atoms with E-state index in [1.54, 1.807) is 30.5 Å². The number of fused-ring (bicyclic) bond motifs is 2. The van der Waals surface area contributed by atoms with Crippen LogP contribution in [0.2, 0.25) is 5.02 Å². The first-order valence-corrected chi connectivity index (χ1v) is 12.8. The number of likely N-dealkylation sites (tertiary alicyclic amines) is 1. The molecule has 31 heavy (non-hydrogen) atoms. The number of amides is 1. The van der Waals surface area contributed by atoms with Gasteiger partial charge in [-0.05, 0) is 36.1 Å². The van der Waals surface area contributed by atoms with Crippen LogP contribution in [-0.4, -0.2) is 41.8 Å². The lowest BCUT2D eigenvalue weighted by Crippen LogP contribution is -2.43. The predicted molar refractivity (Wildman–Crippen MR) is 122 cm³/mol. The number of hydrogen-bond donors (Lipinski definition) is 2. The van der Waals surface area contributed by atoms with E-state index in [1.807, 2.05) is 6.07 Å². The molecule has 1 fully saturated rings. The molecule has 12 heteroatoms. The molecule has 0 radical (unpaired) electrons. The molecule has 3 N–H and O–H groups in total. The molecular formula is C19H16ClN5O3S3. The molecule has 1 amide bonds. The van der Waals surface area contributed by atoms with Crippen LogP contribution in [0, 0.1) is 0 Å². The summed E-state index contributed by atoms with van der Waals surface area (Å²) in [5.41, 5.74) is 7.10. The van der Waals surface area contributed by atoms with Gasteiger partial charge in [-0.2, -0.15) is 4.72 Å². The number of nitrogens with zero attached hydrogens (tertiary/aromatic N) is 3. The number of thiophene rings is 2. The van der Waals surface area contributed by atoms with Gasteiger partial charge in [0.05, 0.1) is 10.2 Å². The fourth-order valence-electron chi connectivity index (χ4n) is 3.55. The second-order valence-corrected chi connectivity index (χ2v) is 11.7. The molecule has 0 saturated carbocycles. The number of nitrogens with one attached hydrogen (secondary N) is 1. The molecule has 2 atom stereocenters. The minimum atomic E-state index is -3.86. The number of carbonyl (C=O) groups is 1. The highest BCUT2D eigenvalue weighted by Crippen LogP contribution is 2.33. The average Bonchev–Trinajstić information content (AvgIpc) is 3.44. The molecule has 0 aliphatic carbocycles. The van der Waals surface area contributed by atoms with Crippen LogP contribution in [-0.2, 0) is 14.8 Å². The van der Waals surface area contributed by atoms with Crippen molar-refractivity contribution in [3.8, 4) is 0 Å². The van der Waals surface area contributed by atoms with Crippen molar-refractivity contribution in [1.82, 2.24) is 19.6 Å². The van der Waals surface area contributed by atoms with Gasteiger partial charge in [0.25, 0.3) is 10.0 Å². The smallest absolute Gasteiger partial charge is 0.250 e. The largest absolute Gasteiger partial charge is 0.321 e. The van der Waals surface area contributed by atoms with Crippen molar-refractivity contribution in [3.63, 3.8) is 0 Å². The summed E-state index contributed by atoms with van der Waals surface area (Å²) in [5, 5.41) is 1.32. The zero-order valence-electron chi connectivity index (χ0n) is 15.9. The monoisotopic (exact) mass is 493 g/mol. The Morgan fingerprint density at radius 3 is 2.87 bits per heavy atom. The van der Waals surface area contributed by atoms with Crippen molar-refractivity contribution in [2.45, 2.75) is 22.8 Å². The third kappa shape index (κ3) is 3.81. The highest BCUT2D eigenvalue weighted by molar-refractivity contribution is 7.91. The summed E-state index contributed by atoms with van der Waals surface area (Å²) in [6.45, 7) is 0.356. The van der Waals surface area contributed by atoms with Crippen molar-refractivity contribution < 1.29 is 13.2 Å². The Morgan fingerprint density at radius 2 is 2.06 bits per heavy atom. The summed E-state index contributed by atoms with van der Waals surface area (Å²) in [5.74, 6) is -0.344. The average molecular weight is 494 g/mol. The minimum Gasteiger partial charge on any atom is -0.321 e. The number of carbonyl (C=O) groups excluding carboxylic acids is 1. The Kier molecular flexibility index (Phi) is 5.19. The highest BCUT2D eigenvalue weighted by Gasteiger charge is 2.38. The molecule has 160 valence electrons. The highest BCUT2D eigenvalue weighted by atomic mass is 35.5. The van der Waals surface area contributed by atoms with Crippen LogP contribution >= 0.6 is 34.3 Å². The zero-order valence-corrected chi connectivity index (χ0v) is 19.1. The van der Waals surface area contributed by atoms with Crippen LogP contribution in [0.4, 0.5) is 0 Å². The molecule has 1 unspecified atom stereocenters. The van der Waals surface area contributed by atoms with Crippen LogP contribution in [0.15, 0.2) is 47.1 Å². The van der Waals surface area contributed by atoms with Gasteiger partial charge in [0.1, 0.15) is 22.7 Å². The first-order valence-electron chi connectivity index (χ1n) is 9.29. The van der Waals surface area contributed by atoms with Crippen LogP contribution in [0.25, 0.3) is 20.3 Å². The molecule has 3 aromatic heterocycles. The minimum absolute atomic E-state index is 0.142. The zero-order chi connectivity index (χ0) is 21.8. The van der Waals surface area contributed by atoms with Crippen LogP contribution in [0.5, 0.6) is 0 Å². The van der Waals surface area contributed by atoms with Gasteiger partial charge < -0.3 is 10.6 Å². The van der Waals surface area contributed by atoms with E-state index in [2.05, 4.69) is 14.7 Å². The first kappa shape index (κ1) is 20.7. The maximum absolute atomic E-state index is 12.9. The number of sulfonamides is 1. The van der Waals surface area contributed by atoms with Crippen molar-refractivity contribution in [2.75, 3.05) is 6.54 Å². The summed E-state index contributed by atoms with van der Waals surface area (Å²) >= 11 is 8.52. The van der Waals surface area contributed by atoms with Gasteiger partial charge in [-0.1, -0.05) is 17.7 Å². The van der Waals surface area contributed by atoms with Crippen molar-refractivity contribution >= 4 is 70.5 Å². The molecule has 5 rings (SSSR count). The number of hydrogen-bond acceptors (Lipinski definition) is 8. The van der Waals surface area contributed by atoms with E-state index in [0.29, 0.717) is 18.0 Å². The summed E-state index contributed by atoms with van der Waals surface area (Å²) in [6, 6.07) is 7.75. The fourth-order valence-corrected chi connectivity index (χ4v) is 7.47. The van der Waals surface area contributed by atoms with E-state index in [1.165, 1.54) is 22.6 Å². The predicted octanol–water partition coefficient (Wildman–Crippen LogP) is 3.10. The van der Waals surface area contributed by atoms with Gasteiger partial charge in [0, 0.05) is 27.3 Å². The fraction of sp³-hybridized carbons (Fsp3) is 0.211. The van der Waals surface area contributed by atoms with E-state index in [9.17, 15) is 13.2 Å². The summed E-state index contributed by atoms with van der Waals surface area (Å²) in [6.07, 6.45) is 2.82. The lowest BCUT2D eigenvalue weighted by atomic mass is 10.3. The van der Waals surface area contributed by atoms with Crippen LogP contribution < -0.4 is 10.5 Å². The molecule has 1 aliphatic rings. The first-order chi connectivity index (χ1) is 14.8. The van der Waals surface area contributed by atoms with Gasteiger partial charge in [0.2, 0.25) is 5.91 Å². The molecule has 1 saturated heterocycles. The standard InChI is InChI=1S/C19H16ClN5O3S3/c20-11-2-1-10-5-17(30-14(10)6-11)31(27,28)24-12-3-4-25(19(12)26)18(21)15-7-13-16(29-15)8-22-9-23-13/h1-2,5-9,12,18,24H,3-4,21H2/t12-,18?/m0/s1. The Balaban J connectivity index is 1.35. The van der Waals surface area contributed by atoms with Crippen LogP contribution in [0.3, 0.4) is 0 Å². The molecule has 0 spiro atoms. The van der Waals surface area contributed by atoms with Crippen LogP contribution in [0.1, 0.15) is 17.5 Å². The Hall–Kier alpha value is -2.15. The summed E-state index contributed by atoms with van der Waals surface area (Å²) in [7, 11) is -3.86. The van der Waals surface area contributed by atoms with E-state index in [4.69, 9.17) is 17.3 Å². The maximum Gasteiger partial charge on any atom is 0.250 e. The van der Waals surface area contributed by atoms with E-state index in [0.717, 1.165) is 36.5 Å². The topological polar surface area (TPSA) is 118 Å². The third-order valence-electron chi connectivity index (χ3n) is 5.10. The van der Waals surface area contributed by atoms with Gasteiger partial charge >= 0.3 is 0 Å². The Bertz CT molecular complexity index is 1380. The number of rotatable bonds is 5. The lowest BCUT2D eigenvalue weighted by Gasteiger charge is -2.23. The Labute approximate surface area is 190 Å². The molecule has 1 aliphatic heterocycles. The normalized spacial score (nSPS) is 18.3. The van der Waals surface area contributed by atoms with Crippen molar-refractivity contribution in [3.05, 3.63) is 52.8 Å². The second-order valence-electron chi connectivity index (χ2n) is 7.11. The number of nitrogens with two attached hydrogens (primary N) is 1. The van der Waals surface area contributed by atoms with Gasteiger partial charge in [-0.15, -0.1) is 22.7 Å². The SMILES string of the molecule is NC(c1cc2ncncc2s1)N1CC[C@H](NS(=O)(=O)c2cc3ccc(Cl)cc3s2)C1=O. The molecule has 4 aromatic rings. The lowest BCUT2D eigenvalue weighted by molar-refractivity contribution is -0.131. The van der Waals surface area contributed by atoms with Gasteiger partial charge in [-0.3, -0.25) is 4.79 Å². The summed E-state index contributed by atoms with van der Waals surface area (Å²) < 4.78 is 30.1. The second kappa shape index (κ2) is 7.76. The molecular weight excluding hydrogens is 478 g/mol. The number of benzene rings is 1. The quantitative estimate of drug-likeness (QED) is 0.441. The molecule has 0 bridgehead atoms. The van der Waals surface area contributed by atoms with Gasteiger partial charge in [0.15, 0.2) is 0 Å². The van der Waals surface area contributed by atoms with Crippen molar-refractivity contribution in [1.29, 1.82) is 0 Å². The molecule has 1 aromatic carbocycles. The van der Waals surface area contributed by atoms with Crippen molar-refractivity contribution in [2.24, 2.45) is 5.73 Å². The van der Waals surface area contributed by atoms with E-state index >= 15 is 0 Å². The molecule has 8 nitrogen and oxygen atoms in total. The summed E-state index contributed by atoms with van der Waals surface area (Å²) in [4.78, 5) is 23.4. The third-order valence-corrected chi connectivity index (χ3v) is 9.51.